The summed E-state index contributed by atoms with van der Waals surface area (Å²) in [4.78, 5) is 14.4. The van der Waals surface area contributed by atoms with Crippen LogP contribution >= 0.6 is 0 Å². The van der Waals surface area contributed by atoms with Crippen LogP contribution in [0.3, 0.4) is 0 Å². The normalized spacial score (nSPS) is 24.3. The van der Waals surface area contributed by atoms with Crippen molar-refractivity contribution >= 4 is 5.91 Å². The van der Waals surface area contributed by atoms with Crippen LogP contribution in [-0.4, -0.2) is 40.2 Å². The number of hydrogen-bond acceptors (Lipinski definition) is 2. The maximum atomic E-state index is 12.5. The Kier molecular flexibility index (Phi) is 3.12. The second-order valence-corrected chi connectivity index (χ2v) is 5.47. The second kappa shape index (κ2) is 4.76. The smallest absolute Gasteiger partial charge is 0.270 e. The van der Waals surface area contributed by atoms with Gasteiger partial charge in [-0.3, -0.25) is 4.79 Å². The molecule has 4 heteroatoms. The zero-order valence-electron chi connectivity index (χ0n) is 10.6. The van der Waals surface area contributed by atoms with Gasteiger partial charge in [-0.15, -0.1) is 0 Å². The molecule has 0 spiro atoms. The highest BCUT2D eigenvalue weighted by molar-refractivity contribution is 5.93. The molecule has 98 valence electrons. The van der Waals surface area contributed by atoms with Gasteiger partial charge >= 0.3 is 0 Å². The topological polar surface area (TPSA) is 45.5 Å². The number of aromatic nitrogens is 1. The Morgan fingerprint density at radius 1 is 1.39 bits per heavy atom. The summed E-state index contributed by atoms with van der Waals surface area (Å²) < 4.78 is 2.12. The summed E-state index contributed by atoms with van der Waals surface area (Å²) in [7, 11) is 0. The number of aliphatic hydroxyl groups excluding tert-OH is 1. The molecule has 1 unspecified atom stereocenters. The van der Waals surface area contributed by atoms with Gasteiger partial charge in [0.05, 0.1) is 0 Å². The van der Waals surface area contributed by atoms with Gasteiger partial charge in [0.2, 0.25) is 0 Å². The minimum Gasteiger partial charge on any atom is -0.396 e. The molecule has 1 aliphatic heterocycles. The zero-order chi connectivity index (χ0) is 12.5. The summed E-state index contributed by atoms with van der Waals surface area (Å²) >= 11 is 0. The monoisotopic (exact) mass is 248 g/mol. The Bertz CT molecular complexity index is 437. The Morgan fingerprint density at radius 2 is 2.22 bits per heavy atom. The number of likely N-dealkylation sites (tertiary alicyclic amines) is 1. The fraction of sp³-hybridized carbons (Fsp3) is 0.643. The number of hydrogen-bond donors (Lipinski definition) is 1. The SMILES string of the molecule is O=C(c1cccn1C1CC1)N1CCCC(CO)C1. The van der Waals surface area contributed by atoms with E-state index < -0.39 is 0 Å². The Morgan fingerprint density at radius 3 is 2.94 bits per heavy atom. The lowest BCUT2D eigenvalue weighted by molar-refractivity contribution is 0.0610. The molecular formula is C14H20N2O2. The first-order valence-electron chi connectivity index (χ1n) is 6.86. The number of amides is 1. The van der Waals surface area contributed by atoms with Crippen molar-refractivity contribution < 1.29 is 9.90 Å². The van der Waals surface area contributed by atoms with E-state index in [0.717, 1.165) is 25.1 Å². The molecule has 0 aromatic carbocycles. The fourth-order valence-electron chi connectivity index (χ4n) is 2.81. The van der Waals surface area contributed by atoms with E-state index in [1.807, 2.05) is 23.2 Å². The van der Waals surface area contributed by atoms with E-state index in [2.05, 4.69) is 4.57 Å². The zero-order valence-corrected chi connectivity index (χ0v) is 10.6. The molecule has 1 aliphatic carbocycles. The summed E-state index contributed by atoms with van der Waals surface area (Å²) in [6.07, 6.45) is 6.42. The first-order chi connectivity index (χ1) is 8.79. The van der Waals surface area contributed by atoms with E-state index in [1.54, 1.807) is 0 Å². The first-order valence-corrected chi connectivity index (χ1v) is 6.86. The molecular weight excluding hydrogens is 228 g/mol. The third-order valence-electron chi connectivity index (χ3n) is 4.00. The average molecular weight is 248 g/mol. The molecule has 2 aliphatic rings. The van der Waals surface area contributed by atoms with Crippen LogP contribution < -0.4 is 0 Å². The molecule has 1 aromatic heterocycles. The van der Waals surface area contributed by atoms with Gasteiger partial charge in [-0.05, 0) is 43.7 Å². The molecule has 1 atom stereocenters. The average Bonchev–Trinajstić information content (AvgIpc) is 3.15. The van der Waals surface area contributed by atoms with Gasteiger partial charge in [0.15, 0.2) is 0 Å². The predicted molar refractivity (Wildman–Crippen MR) is 68.4 cm³/mol. The van der Waals surface area contributed by atoms with Crippen molar-refractivity contribution in [2.24, 2.45) is 5.92 Å². The van der Waals surface area contributed by atoms with Gasteiger partial charge in [-0.2, -0.15) is 0 Å². The van der Waals surface area contributed by atoms with E-state index >= 15 is 0 Å². The fourth-order valence-corrected chi connectivity index (χ4v) is 2.81. The van der Waals surface area contributed by atoms with Crippen molar-refractivity contribution in [3.63, 3.8) is 0 Å². The minimum atomic E-state index is 0.130. The minimum absolute atomic E-state index is 0.130. The number of piperidine rings is 1. The number of rotatable bonds is 3. The maximum Gasteiger partial charge on any atom is 0.270 e. The van der Waals surface area contributed by atoms with Crippen LogP contribution in [0, 0.1) is 5.92 Å². The van der Waals surface area contributed by atoms with Crippen molar-refractivity contribution in [1.29, 1.82) is 0 Å². The third kappa shape index (κ3) is 2.17. The third-order valence-corrected chi connectivity index (χ3v) is 4.00. The molecule has 3 rings (SSSR count). The first kappa shape index (κ1) is 11.8. The Hall–Kier alpha value is -1.29. The van der Waals surface area contributed by atoms with Crippen molar-refractivity contribution in [3.05, 3.63) is 24.0 Å². The summed E-state index contributed by atoms with van der Waals surface area (Å²) in [5, 5.41) is 9.23. The molecule has 2 heterocycles. The number of carbonyl (C=O) groups excluding carboxylic acids is 1. The van der Waals surface area contributed by atoms with E-state index in [9.17, 15) is 9.90 Å². The number of carbonyl (C=O) groups is 1. The van der Waals surface area contributed by atoms with E-state index in [0.29, 0.717) is 12.6 Å². The van der Waals surface area contributed by atoms with E-state index in [4.69, 9.17) is 0 Å². The van der Waals surface area contributed by atoms with Gasteiger partial charge in [0.1, 0.15) is 5.69 Å². The van der Waals surface area contributed by atoms with Crippen LogP contribution in [0.2, 0.25) is 0 Å². The molecule has 1 saturated carbocycles. The Labute approximate surface area is 107 Å². The van der Waals surface area contributed by atoms with Crippen LogP contribution in [0.25, 0.3) is 0 Å². The maximum absolute atomic E-state index is 12.5. The molecule has 18 heavy (non-hydrogen) atoms. The predicted octanol–water partition coefficient (Wildman–Crippen LogP) is 1.67. The molecule has 1 amide bonds. The highest BCUT2D eigenvalue weighted by Gasteiger charge is 2.30. The quantitative estimate of drug-likeness (QED) is 0.884. The van der Waals surface area contributed by atoms with E-state index in [-0.39, 0.29) is 18.4 Å². The standard InChI is InChI=1S/C14H20N2O2/c17-10-11-3-1-7-15(9-11)14(18)13-4-2-8-16(13)12-5-6-12/h2,4,8,11-12,17H,1,3,5-7,9-10H2. The molecule has 2 fully saturated rings. The lowest BCUT2D eigenvalue weighted by atomic mass is 9.99. The summed E-state index contributed by atoms with van der Waals surface area (Å²) in [5.41, 5.74) is 0.816. The van der Waals surface area contributed by atoms with Crippen molar-refractivity contribution in [2.45, 2.75) is 31.7 Å². The van der Waals surface area contributed by atoms with Crippen LogP contribution in [-0.2, 0) is 0 Å². The largest absolute Gasteiger partial charge is 0.396 e. The Balaban J connectivity index is 1.74. The van der Waals surface area contributed by atoms with Crippen molar-refractivity contribution in [3.8, 4) is 0 Å². The molecule has 1 saturated heterocycles. The van der Waals surface area contributed by atoms with E-state index in [1.165, 1.54) is 12.8 Å². The number of aliphatic hydroxyl groups is 1. The molecule has 4 nitrogen and oxygen atoms in total. The molecule has 0 radical (unpaired) electrons. The van der Waals surface area contributed by atoms with Crippen LogP contribution in [0.15, 0.2) is 18.3 Å². The summed E-state index contributed by atoms with van der Waals surface area (Å²) in [6.45, 7) is 1.71. The van der Waals surface area contributed by atoms with Crippen LogP contribution in [0.4, 0.5) is 0 Å². The molecule has 0 bridgehead atoms. The lowest BCUT2D eigenvalue weighted by Gasteiger charge is -2.32. The van der Waals surface area contributed by atoms with Gasteiger partial charge < -0.3 is 14.6 Å². The van der Waals surface area contributed by atoms with Crippen molar-refractivity contribution in [1.82, 2.24) is 9.47 Å². The molecule has 1 aromatic rings. The van der Waals surface area contributed by atoms with Gasteiger partial charge in [-0.25, -0.2) is 0 Å². The van der Waals surface area contributed by atoms with Crippen LogP contribution in [0.5, 0.6) is 0 Å². The van der Waals surface area contributed by atoms with Gasteiger partial charge in [-0.1, -0.05) is 0 Å². The second-order valence-electron chi connectivity index (χ2n) is 5.47. The molecule has 1 N–H and O–H groups in total. The summed E-state index contributed by atoms with van der Waals surface area (Å²) in [6, 6.07) is 4.42. The van der Waals surface area contributed by atoms with Crippen molar-refractivity contribution in [2.75, 3.05) is 19.7 Å². The van der Waals surface area contributed by atoms with Gasteiger partial charge in [0.25, 0.3) is 5.91 Å². The highest BCUT2D eigenvalue weighted by Crippen LogP contribution is 2.36. The summed E-state index contributed by atoms with van der Waals surface area (Å²) in [5.74, 6) is 0.386. The highest BCUT2D eigenvalue weighted by atomic mass is 16.3. The van der Waals surface area contributed by atoms with Crippen LogP contribution in [0.1, 0.15) is 42.2 Å². The van der Waals surface area contributed by atoms with Gasteiger partial charge in [0, 0.05) is 31.9 Å². The number of nitrogens with zero attached hydrogens (tertiary/aromatic N) is 2. The lowest BCUT2D eigenvalue weighted by Crippen LogP contribution is -2.41.